The average molecular weight is 230 g/mol. The molecule has 0 spiro atoms. The molecule has 2 heteroatoms. The van der Waals surface area contributed by atoms with E-state index < -0.39 is 0 Å². The molecule has 2 unspecified atom stereocenters. The molecule has 2 rings (SSSR count). The largest absolute Gasteiger partial charge is 0.486 e. The van der Waals surface area contributed by atoms with Crippen LogP contribution in [0.4, 0.5) is 0 Å². The summed E-state index contributed by atoms with van der Waals surface area (Å²) >= 11 is 0. The standard InChI is InChI=1S/C15H18O2/c1-4-5-11(2)12(3)13-6-7-14-15(10-13)17-9-8-16-14/h6-7,10-12H,8-9H2,1-3H3. The summed E-state index contributed by atoms with van der Waals surface area (Å²) in [5.74, 6) is 8.63. The second-order valence-corrected chi connectivity index (χ2v) is 4.37. The summed E-state index contributed by atoms with van der Waals surface area (Å²) in [4.78, 5) is 0. The minimum atomic E-state index is 0.350. The van der Waals surface area contributed by atoms with Crippen molar-refractivity contribution in [2.75, 3.05) is 13.2 Å². The van der Waals surface area contributed by atoms with E-state index in [1.54, 1.807) is 0 Å². The number of hydrogen-bond donors (Lipinski definition) is 0. The van der Waals surface area contributed by atoms with Crippen LogP contribution in [0.25, 0.3) is 0 Å². The fraction of sp³-hybridized carbons (Fsp3) is 0.467. The van der Waals surface area contributed by atoms with Gasteiger partial charge in [0.25, 0.3) is 0 Å². The zero-order chi connectivity index (χ0) is 12.3. The number of hydrogen-bond acceptors (Lipinski definition) is 2. The second-order valence-electron chi connectivity index (χ2n) is 4.37. The first-order valence-corrected chi connectivity index (χ1v) is 6.04. The Balaban J connectivity index is 2.23. The van der Waals surface area contributed by atoms with Gasteiger partial charge in [0.2, 0.25) is 0 Å². The molecule has 2 atom stereocenters. The highest BCUT2D eigenvalue weighted by molar-refractivity contribution is 5.45. The van der Waals surface area contributed by atoms with Crippen molar-refractivity contribution >= 4 is 0 Å². The fourth-order valence-corrected chi connectivity index (χ4v) is 1.98. The van der Waals surface area contributed by atoms with Crippen molar-refractivity contribution in [3.05, 3.63) is 23.8 Å². The third-order valence-corrected chi connectivity index (χ3v) is 3.21. The highest BCUT2D eigenvalue weighted by atomic mass is 16.6. The van der Waals surface area contributed by atoms with Crippen molar-refractivity contribution < 1.29 is 9.47 Å². The average Bonchev–Trinajstić information content (AvgIpc) is 2.37. The summed E-state index contributed by atoms with van der Waals surface area (Å²) in [5, 5.41) is 0. The van der Waals surface area contributed by atoms with Gasteiger partial charge in [-0.1, -0.05) is 25.8 Å². The molecule has 1 aromatic rings. The van der Waals surface area contributed by atoms with Crippen LogP contribution in [0.1, 0.15) is 32.3 Å². The first-order valence-electron chi connectivity index (χ1n) is 6.04. The predicted molar refractivity (Wildman–Crippen MR) is 68.5 cm³/mol. The van der Waals surface area contributed by atoms with E-state index in [9.17, 15) is 0 Å². The fourth-order valence-electron chi connectivity index (χ4n) is 1.98. The van der Waals surface area contributed by atoms with E-state index >= 15 is 0 Å². The van der Waals surface area contributed by atoms with Crippen LogP contribution >= 0.6 is 0 Å². The molecule has 0 fully saturated rings. The first kappa shape index (κ1) is 11.9. The maximum absolute atomic E-state index is 5.59. The van der Waals surface area contributed by atoms with Crippen molar-refractivity contribution in [1.82, 2.24) is 0 Å². The number of fused-ring (bicyclic) bond motifs is 1. The molecule has 1 aliphatic heterocycles. The van der Waals surface area contributed by atoms with Crippen LogP contribution in [0.2, 0.25) is 0 Å². The molecule has 0 saturated heterocycles. The van der Waals surface area contributed by atoms with Crippen LogP contribution in [0.5, 0.6) is 11.5 Å². The van der Waals surface area contributed by atoms with Gasteiger partial charge in [-0.05, 0) is 30.5 Å². The zero-order valence-corrected chi connectivity index (χ0v) is 10.6. The van der Waals surface area contributed by atoms with E-state index in [2.05, 4.69) is 37.8 Å². The lowest BCUT2D eigenvalue weighted by molar-refractivity contribution is 0.171. The maximum atomic E-state index is 5.59. The Bertz CT molecular complexity index is 454. The van der Waals surface area contributed by atoms with Gasteiger partial charge in [0, 0.05) is 5.92 Å². The summed E-state index contributed by atoms with van der Waals surface area (Å²) in [7, 11) is 0. The number of benzene rings is 1. The second kappa shape index (κ2) is 5.14. The molecule has 2 nitrogen and oxygen atoms in total. The van der Waals surface area contributed by atoms with Crippen molar-refractivity contribution in [3.8, 4) is 23.3 Å². The van der Waals surface area contributed by atoms with Crippen molar-refractivity contribution in [2.24, 2.45) is 5.92 Å². The van der Waals surface area contributed by atoms with Gasteiger partial charge in [-0.15, -0.1) is 5.92 Å². The third-order valence-electron chi connectivity index (χ3n) is 3.21. The van der Waals surface area contributed by atoms with E-state index in [-0.39, 0.29) is 0 Å². The van der Waals surface area contributed by atoms with Gasteiger partial charge in [0.1, 0.15) is 13.2 Å². The van der Waals surface area contributed by atoms with Gasteiger partial charge in [0.05, 0.1) is 0 Å². The van der Waals surface area contributed by atoms with Crippen LogP contribution in [0, 0.1) is 17.8 Å². The predicted octanol–water partition coefficient (Wildman–Crippen LogP) is 3.22. The van der Waals surface area contributed by atoms with Crippen LogP contribution < -0.4 is 9.47 Å². The highest BCUT2D eigenvalue weighted by Crippen LogP contribution is 2.34. The zero-order valence-electron chi connectivity index (χ0n) is 10.6. The Kier molecular flexibility index (Phi) is 3.58. The van der Waals surface area contributed by atoms with Crippen LogP contribution in [-0.2, 0) is 0 Å². The van der Waals surface area contributed by atoms with E-state index in [0.29, 0.717) is 25.0 Å². The van der Waals surface area contributed by atoms with Crippen LogP contribution in [0.3, 0.4) is 0 Å². The molecule has 1 aliphatic rings. The molecule has 0 saturated carbocycles. The molecular weight excluding hydrogens is 212 g/mol. The Morgan fingerprint density at radius 1 is 1.12 bits per heavy atom. The maximum Gasteiger partial charge on any atom is 0.161 e. The highest BCUT2D eigenvalue weighted by Gasteiger charge is 2.17. The molecule has 0 bridgehead atoms. The van der Waals surface area contributed by atoms with Gasteiger partial charge in [-0.2, -0.15) is 0 Å². The lowest BCUT2D eigenvalue weighted by Crippen LogP contribution is -2.15. The van der Waals surface area contributed by atoms with Gasteiger partial charge in [-0.3, -0.25) is 0 Å². The van der Waals surface area contributed by atoms with E-state index in [1.807, 2.05) is 13.0 Å². The Hall–Kier alpha value is -1.62. The molecule has 0 amide bonds. The summed E-state index contributed by atoms with van der Waals surface area (Å²) < 4.78 is 11.1. The molecule has 90 valence electrons. The van der Waals surface area contributed by atoms with Gasteiger partial charge in [0.15, 0.2) is 11.5 Å². The van der Waals surface area contributed by atoms with Crippen molar-refractivity contribution in [3.63, 3.8) is 0 Å². The number of rotatable bonds is 2. The molecular formula is C15H18O2. The minimum absolute atomic E-state index is 0.350. The third kappa shape index (κ3) is 2.55. The van der Waals surface area contributed by atoms with Crippen LogP contribution in [0.15, 0.2) is 18.2 Å². The SMILES string of the molecule is CC#CC(C)C(C)c1ccc2c(c1)OCCO2. The van der Waals surface area contributed by atoms with Gasteiger partial charge >= 0.3 is 0 Å². The topological polar surface area (TPSA) is 18.5 Å². The van der Waals surface area contributed by atoms with E-state index in [1.165, 1.54) is 5.56 Å². The minimum Gasteiger partial charge on any atom is -0.486 e. The lowest BCUT2D eigenvalue weighted by Gasteiger charge is -2.21. The Morgan fingerprint density at radius 2 is 1.82 bits per heavy atom. The molecule has 0 radical (unpaired) electrons. The Labute approximate surface area is 103 Å². The molecule has 0 aliphatic carbocycles. The van der Waals surface area contributed by atoms with E-state index in [0.717, 1.165) is 11.5 Å². The normalized spacial score (nSPS) is 16.6. The molecule has 1 heterocycles. The lowest BCUT2D eigenvalue weighted by atomic mass is 9.89. The summed E-state index contributed by atoms with van der Waals surface area (Å²) in [5.41, 5.74) is 1.25. The smallest absolute Gasteiger partial charge is 0.161 e. The van der Waals surface area contributed by atoms with Gasteiger partial charge < -0.3 is 9.47 Å². The van der Waals surface area contributed by atoms with Crippen molar-refractivity contribution in [2.45, 2.75) is 26.7 Å². The first-order chi connectivity index (χ1) is 8.22. The quantitative estimate of drug-likeness (QED) is 0.726. The van der Waals surface area contributed by atoms with Crippen LogP contribution in [-0.4, -0.2) is 13.2 Å². The van der Waals surface area contributed by atoms with Crippen molar-refractivity contribution in [1.29, 1.82) is 0 Å². The summed E-state index contributed by atoms with van der Waals surface area (Å²) in [6.45, 7) is 7.50. The van der Waals surface area contributed by atoms with E-state index in [4.69, 9.17) is 9.47 Å². The summed E-state index contributed by atoms with van der Waals surface area (Å²) in [6.07, 6.45) is 0. The molecule has 17 heavy (non-hydrogen) atoms. The molecule has 1 aromatic carbocycles. The van der Waals surface area contributed by atoms with Gasteiger partial charge in [-0.25, -0.2) is 0 Å². The Morgan fingerprint density at radius 3 is 2.53 bits per heavy atom. The monoisotopic (exact) mass is 230 g/mol. The molecule has 0 N–H and O–H groups in total. The summed E-state index contributed by atoms with van der Waals surface area (Å²) in [6, 6.07) is 6.17. The number of ether oxygens (including phenoxy) is 2. The molecule has 0 aromatic heterocycles.